The summed E-state index contributed by atoms with van der Waals surface area (Å²) in [7, 11) is 0. The molecule has 0 aliphatic rings. The molecule has 0 saturated carbocycles. The Hall–Kier alpha value is -0.940. The molecule has 1 aromatic heterocycles. The summed E-state index contributed by atoms with van der Waals surface area (Å²) in [4.78, 5) is 4.48. The van der Waals surface area contributed by atoms with Crippen LogP contribution in [0.2, 0.25) is 0 Å². The minimum absolute atomic E-state index is 0.209. The highest BCUT2D eigenvalue weighted by molar-refractivity contribution is 5.03. The number of hydrogen-bond acceptors (Lipinski definition) is 5. The van der Waals surface area contributed by atoms with Crippen molar-refractivity contribution in [1.82, 2.24) is 10.1 Å². The minimum Gasteiger partial charge on any atom is -0.367 e. The molecule has 2 N–H and O–H groups in total. The molecule has 0 radical (unpaired) electrons. The molecule has 1 aromatic rings. The van der Waals surface area contributed by atoms with Crippen molar-refractivity contribution in [3.8, 4) is 0 Å². The zero-order chi connectivity index (χ0) is 14.5. The molecule has 1 unspecified atom stereocenters. The fraction of sp³-hybridized carbons (Fsp3) is 0.857. The third kappa shape index (κ3) is 3.34. The summed E-state index contributed by atoms with van der Waals surface area (Å²) in [5.41, 5.74) is 5.67. The number of aromatic nitrogens is 2. The van der Waals surface area contributed by atoms with Gasteiger partial charge in [0.15, 0.2) is 0 Å². The molecule has 110 valence electrons. The van der Waals surface area contributed by atoms with Crippen LogP contribution < -0.4 is 5.73 Å². The van der Waals surface area contributed by atoms with Gasteiger partial charge in [-0.25, -0.2) is 0 Å². The molecule has 19 heavy (non-hydrogen) atoms. The monoisotopic (exact) mass is 269 g/mol. The van der Waals surface area contributed by atoms with Gasteiger partial charge in [-0.2, -0.15) is 4.98 Å². The molecule has 0 aromatic carbocycles. The quantitative estimate of drug-likeness (QED) is 0.784. The summed E-state index contributed by atoms with van der Waals surface area (Å²) in [5.74, 6) is 1.45. The predicted octanol–water partition coefficient (Wildman–Crippen LogP) is 3.17. The van der Waals surface area contributed by atoms with Crippen LogP contribution in [0.1, 0.15) is 71.6 Å². The second-order valence-corrected chi connectivity index (χ2v) is 5.00. The topological polar surface area (TPSA) is 74.2 Å². The van der Waals surface area contributed by atoms with Crippen molar-refractivity contribution >= 4 is 0 Å². The molecule has 0 amide bonds. The Kier molecular flexibility index (Phi) is 5.94. The van der Waals surface area contributed by atoms with Crippen molar-refractivity contribution in [2.75, 3.05) is 6.61 Å². The van der Waals surface area contributed by atoms with E-state index in [0.717, 1.165) is 19.3 Å². The van der Waals surface area contributed by atoms with Gasteiger partial charge in [0.25, 0.3) is 0 Å². The summed E-state index contributed by atoms with van der Waals surface area (Å²) in [6, 6.07) is -0.209. The molecule has 1 heterocycles. The summed E-state index contributed by atoms with van der Waals surface area (Å²) < 4.78 is 11.2. The van der Waals surface area contributed by atoms with Crippen LogP contribution in [0, 0.1) is 5.92 Å². The van der Waals surface area contributed by atoms with Crippen molar-refractivity contribution in [2.24, 2.45) is 11.7 Å². The molecular weight excluding hydrogens is 242 g/mol. The van der Waals surface area contributed by atoms with E-state index in [1.54, 1.807) is 0 Å². The van der Waals surface area contributed by atoms with Crippen LogP contribution >= 0.6 is 0 Å². The van der Waals surface area contributed by atoms with Gasteiger partial charge in [-0.15, -0.1) is 0 Å². The Morgan fingerprint density at radius 3 is 2.37 bits per heavy atom. The number of rotatable bonds is 8. The first kappa shape index (κ1) is 16.1. The highest BCUT2D eigenvalue weighted by atomic mass is 16.5. The zero-order valence-electron chi connectivity index (χ0n) is 12.8. The maximum absolute atomic E-state index is 6.13. The molecule has 0 aliphatic carbocycles. The summed E-state index contributed by atoms with van der Waals surface area (Å²) in [5, 5.41) is 4.10. The molecule has 0 spiro atoms. The molecule has 0 aliphatic heterocycles. The largest absolute Gasteiger partial charge is 0.367 e. The van der Waals surface area contributed by atoms with Crippen molar-refractivity contribution in [1.29, 1.82) is 0 Å². The lowest BCUT2D eigenvalue weighted by Crippen LogP contribution is -2.30. The number of ether oxygens (including phenoxy) is 1. The van der Waals surface area contributed by atoms with Gasteiger partial charge < -0.3 is 15.0 Å². The van der Waals surface area contributed by atoms with Crippen LogP contribution in [-0.4, -0.2) is 16.7 Å². The van der Waals surface area contributed by atoms with Crippen molar-refractivity contribution < 1.29 is 9.26 Å². The first-order valence-electron chi connectivity index (χ1n) is 7.28. The molecule has 5 heteroatoms. The van der Waals surface area contributed by atoms with E-state index in [4.69, 9.17) is 15.0 Å². The van der Waals surface area contributed by atoms with Crippen LogP contribution in [0.3, 0.4) is 0 Å². The molecule has 0 saturated heterocycles. The van der Waals surface area contributed by atoms with Gasteiger partial charge in [-0.05, 0) is 25.7 Å². The third-order valence-electron chi connectivity index (χ3n) is 3.95. The smallest absolute Gasteiger partial charge is 0.243 e. The summed E-state index contributed by atoms with van der Waals surface area (Å²) in [6.45, 7) is 10.9. The average Bonchev–Trinajstić information content (AvgIpc) is 2.93. The van der Waals surface area contributed by atoms with E-state index in [1.807, 2.05) is 6.92 Å². The maximum Gasteiger partial charge on any atom is 0.243 e. The molecule has 0 bridgehead atoms. The minimum atomic E-state index is -0.453. The lowest BCUT2D eigenvalue weighted by atomic mass is 9.96. The lowest BCUT2D eigenvalue weighted by molar-refractivity contribution is -0.0583. The highest BCUT2D eigenvalue weighted by Crippen LogP contribution is 2.32. The number of nitrogens with two attached hydrogens (primary N) is 1. The normalized spacial score (nSPS) is 15.5. The first-order chi connectivity index (χ1) is 9.04. The predicted molar refractivity (Wildman–Crippen MR) is 74.6 cm³/mol. The Balaban J connectivity index is 2.99. The van der Waals surface area contributed by atoms with Crippen molar-refractivity contribution in [2.45, 2.75) is 65.5 Å². The third-order valence-corrected chi connectivity index (χ3v) is 3.95. The summed E-state index contributed by atoms with van der Waals surface area (Å²) in [6.07, 6.45) is 2.61. The molecule has 2 atom stereocenters. The number of hydrogen-bond donors (Lipinski definition) is 1. The Bertz CT molecular complexity index is 375. The first-order valence-corrected chi connectivity index (χ1v) is 7.28. The van der Waals surface area contributed by atoms with Gasteiger partial charge in [0, 0.05) is 6.61 Å². The fourth-order valence-electron chi connectivity index (χ4n) is 2.16. The van der Waals surface area contributed by atoms with Gasteiger partial charge in [-0.1, -0.05) is 39.3 Å². The number of nitrogens with zero attached hydrogens (tertiary/aromatic N) is 2. The molecular formula is C14H27N3O2. The lowest BCUT2D eigenvalue weighted by Gasteiger charge is -2.27. The van der Waals surface area contributed by atoms with Gasteiger partial charge in [0.2, 0.25) is 11.7 Å². The Morgan fingerprint density at radius 1 is 1.26 bits per heavy atom. The van der Waals surface area contributed by atoms with E-state index in [0.29, 0.717) is 24.2 Å². The van der Waals surface area contributed by atoms with Gasteiger partial charge in [0.1, 0.15) is 5.60 Å². The van der Waals surface area contributed by atoms with Crippen LogP contribution in [0.25, 0.3) is 0 Å². The second-order valence-electron chi connectivity index (χ2n) is 5.00. The van der Waals surface area contributed by atoms with Crippen molar-refractivity contribution in [3.05, 3.63) is 11.7 Å². The maximum atomic E-state index is 6.13. The second kappa shape index (κ2) is 7.01. The van der Waals surface area contributed by atoms with E-state index in [2.05, 4.69) is 37.8 Å². The zero-order valence-corrected chi connectivity index (χ0v) is 12.8. The molecule has 5 nitrogen and oxygen atoms in total. The van der Waals surface area contributed by atoms with E-state index >= 15 is 0 Å². The van der Waals surface area contributed by atoms with Crippen LogP contribution in [0.15, 0.2) is 4.52 Å². The highest BCUT2D eigenvalue weighted by Gasteiger charge is 2.35. The van der Waals surface area contributed by atoms with E-state index in [1.165, 1.54) is 0 Å². The van der Waals surface area contributed by atoms with E-state index in [9.17, 15) is 0 Å². The van der Waals surface area contributed by atoms with Crippen LogP contribution in [0.5, 0.6) is 0 Å². The fourth-order valence-corrected chi connectivity index (χ4v) is 2.16. The molecule has 0 fully saturated rings. The van der Waals surface area contributed by atoms with Crippen LogP contribution in [0.4, 0.5) is 0 Å². The Morgan fingerprint density at radius 2 is 1.89 bits per heavy atom. The molecule has 1 rings (SSSR count). The standard InChI is InChI=1S/C14H27N3O2/c1-6-10(5)11(15)12-16-13(17-19-12)14(7-2,8-3)18-9-4/h10-11H,6-9,15H2,1-5H3/t10?,11-/m0/s1. The van der Waals surface area contributed by atoms with Crippen molar-refractivity contribution in [3.63, 3.8) is 0 Å². The van der Waals surface area contributed by atoms with Gasteiger partial charge in [0.05, 0.1) is 6.04 Å². The van der Waals surface area contributed by atoms with Gasteiger partial charge in [-0.3, -0.25) is 0 Å². The SMILES string of the molecule is CCOC(CC)(CC)c1noc([C@@H](N)C(C)CC)n1. The van der Waals surface area contributed by atoms with E-state index in [-0.39, 0.29) is 6.04 Å². The summed E-state index contributed by atoms with van der Waals surface area (Å²) >= 11 is 0. The van der Waals surface area contributed by atoms with E-state index < -0.39 is 5.60 Å². The average molecular weight is 269 g/mol. The Labute approximate surface area is 115 Å². The van der Waals surface area contributed by atoms with Crippen LogP contribution in [-0.2, 0) is 10.3 Å². The van der Waals surface area contributed by atoms with Gasteiger partial charge >= 0.3 is 0 Å².